The van der Waals surface area contributed by atoms with Crippen LogP contribution in [0.2, 0.25) is 0 Å². The van der Waals surface area contributed by atoms with Crippen LogP contribution in [0.25, 0.3) is 0 Å². The van der Waals surface area contributed by atoms with Gasteiger partial charge in [0.25, 0.3) is 0 Å². The minimum atomic E-state index is -0.845. The molecule has 0 saturated carbocycles. The standard InChI is InChI=1S/C11H13NO2/c1-2-12-6-9-4-3-8(11(13)14)5-10(9)7-12/h3-5H,2,6-7H2,1H3,(H,13,14). The normalized spacial score (nSPS) is 15.5. The van der Waals surface area contributed by atoms with Crippen molar-refractivity contribution in [2.75, 3.05) is 6.54 Å². The number of aromatic carboxylic acids is 1. The topological polar surface area (TPSA) is 40.5 Å². The van der Waals surface area contributed by atoms with Crippen LogP contribution in [-0.2, 0) is 13.1 Å². The van der Waals surface area contributed by atoms with E-state index in [9.17, 15) is 4.79 Å². The molecule has 0 amide bonds. The van der Waals surface area contributed by atoms with Crippen molar-refractivity contribution in [2.45, 2.75) is 20.0 Å². The summed E-state index contributed by atoms with van der Waals surface area (Å²) in [6.07, 6.45) is 0. The quantitative estimate of drug-likeness (QED) is 0.773. The van der Waals surface area contributed by atoms with Gasteiger partial charge in [-0.3, -0.25) is 4.90 Å². The average Bonchev–Trinajstić information content (AvgIpc) is 2.58. The lowest BCUT2D eigenvalue weighted by Gasteiger charge is -2.09. The molecule has 1 aromatic rings. The van der Waals surface area contributed by atoms with Crippen molar-refractivity contribution in [2.24, 2.45) is 0 Å². The summed E-state index contributed by atoms with van der Waals surface area (Å²) in [4.78, 5) is 13.0. The first-order valence-corrected chi connectivity index (χ1v) is 4.78. The van der Waals surface area contributed by atoms with Gasteiger partial charge < -0.3 is 5.11 Å². The van der Waals surface area contributed by atoms with Crippen LogP contribution in [0.3, 0.4) is 0 Å². The fraction of sp³-hybridized carbons (Fsp3) is 0.364. The summed E-state index contributed by atoms with van der Waals surface area (Å²) in [7, 11) is 0. The number of fused-ring (bicyclic) bond motifs is 1. The van der Waals surface area contributed by atoms with Crippen molar-refractivity contribution < 1.29 is 9.90 Å². The van der Waals surface area contributed by atoms with Gasteiger partial charge in [-0.05, 0) is 29.8 Å². The van der Waals surface area contributed by atoms with E-state index in [-0.39, 0.29) is 0 Å². The van der Waals surface area contributed by atoms with Crippen molar-refractivity contribution >= 4 is 5.97 Å². The molecule has 0 atom stereocenters. The van der Waals surface area contributed by atoms with E-state index in [4.69, 9.17) is 5.11 Å². The molecule has 3 heteroatoms. The van der Waals surface area contributed by atoms with Crippen LogP contribution in [0.5, 0.6) is 0 Å². The second-order valence-electron chi connectivity index (χ2n) is 3.59. The molecule has 0 unspecified atom stereocenters. The van der Waals surface area contributed by atoms with Crippen molar-refractivity contribution in [1.29, 1.82) is 0 Å². The Kier molecular flexibility index (Phi) is 2.25. The fourth-order valence-corrected chi connectivity index (χ4v) is 1.82. The maximum absolute atomic E-state index is 10.7. The van der Waals surface area contributed by atoms with Gasteiger partial charge in [0.15, 0.2) is 0 Å². The summed E-state index contributed by atoms with van der Waals surface area (Å²) in [5.41, 5.74) is 2.81. The average molecular weight is 191 g/mol. The number of benzene rings is 1. The van der Waals surface area contributed by atoms with Gasteiger partial charge >= 0.3 is 5.97 Å². The van der Waals surface area contributed by atoms with Crippen molar-refractivity contribution in [3.05, 3.63) is 34.9 Å². The lowest BCUT2D eigenvalue weighted by atomic mass is 10.1. The number of rotatable bonds is 2. The Bertz CT molecular complexity index is 374. The highest BCUT2D eigenvalue weighted by molar-refractivity contribution is 5.87. The van der Waals surface area contributed by atoms with Crippen LogP contribution in [-0.4, -0.2) is 22.5 Å². The monoisotopic (exact) mass is 191 g/mol. The molecule has 14 heavy (non-hydrogen) atoms. The molecule has 0 spiro atoms. The molecule has 1 heterocycles. The van der Waals surface area contributed by atoms with Gasteiger partial charge in [0.05, 0.1) is 5.56 Å². The first kappa shape index (κ1) is 9.21. The number of nitrogens with zero attached hydrogens (tertiary/aromatic N) is 1. The minimum Gasteiger partial charge on any atom is -0.478 e. The predicted molar refractivity (Wildman–Crippen MR) is 53.2 cm³/mol. The molecule has 3 nitrogen and oxygen atoms in total. The van der Waals surface area contributed by atoms with Gasteiger partial charge in [0.1, 0.15) is 0 Å². The molecular weight excluding hydrogens is 178 g/mol. The van der Waals surface area contributed by atoms with Crippen molar-refractivity contribution in [1.82, 2.24) is 4.90 Å². The minimum absolute atomic E-state index is 0.390. The molecule has 1 aliphatic heterocycles. The van der Waals surface area contributed by atoms with Crippen LogP contribution in [0.4, 0.5) is 0 Å². The van der Waals surface area contributed by atoms with E-state index in [1.54, 1.807) is 12.1 Å². The summed E-state index contributed by atoms with van der Waals surface area (Å²) < 4.78 is 0. The van der Waals surface area contributed by atoms with Crippen LogP contribution in [0, 0.1) is 0 Å². The van der Waals surface area contributed by atoms with E-state index in [1.807, 2.05) is 6.07 Å². The summed E-state index contributed by atoms with van der Waals surface area (Å²) in [6, 6.07) is 5.39. The Morgan fingerprint density at radius 3 is 2.79 bits per heavy atom. The molecule has 2 rings (SSSR count). The van der Waals surface area contributed by atoms with Gasteiger partial charge in [-0.1, -0.05) is 13.0 Å². The molecule has 1 aromatic carbocycles. The van der Waals surface area contributed by atoms with E-state index in [2.05, 4.69) is 11.8 Å². The molecule has 0 bridgehead atoms. The van der Waals surface area contributed by atoms with Crippen molar-refractivity contribution in [3.8, 4) is 0 Å². The number of carboxylic acid groups (broad SMARTS) is 1. The van der Waals surface area contributed by atoms with E-state index < -0.39 is 5.97 Å². The zero-order valence-corrected chi connectivity index (χ0v) is 8.16. The summed E-state index contributed by atoms with van der Waals surface area (Å²) >= 11 is 0. The second-order valence-corrected chi connectivity index (χ2v) is 3.59. The molecule has 1 N–H and O–H groups in total. The zero-order chi connectivity index (χ0) is 10.1. The summed E-state index contributed by atoms with van der Waals surface area (Å²) in [5.74, 6) is -0.845. The maximum Gasteiger partial charge on any atom is 0.335 e. The van der Waals surface area contributed by atoms with Gasteiger partial charge in [-0.15, -0.1) is 0 Å². The Balaban J connectivity index is 2.31. The summed E-state index contributed by atoms with van der Waals surface area (Å²) in [6.45, 7) is 4.96. The lowest BCUT2D eigenvalue weighted by molar-refractivity contribution is 0.0697. The fourth-order valence-electron chi connectivity index (χ4n) is 1.82. The van der Waals surface area contributed by atoms with E-state index >= 15 is 0 Å². The van der Waals surface area contributed by atoms with Crippen LogP contribution < -0.4 is 0 Å². The highest BCUT2D eigenvalue weighted by Crippen LogP contribution is 2.23. The third-order valence-corrected chi connectivity index (χ3v) is 2.69. The van der Waals surface area contributed by atoms with Gasteiger partial charge in [-0.2, -0.15) is 0 Å². The number of carboxylic acids is 1. The van der Waals surface area contributed by atoms with E-state index in [1.165, 1.54) is 5.56 Å². The largest absolute Gasteiger partial charge is 0.478 e. The smallest absolute Gasteiger partial charge is 0.335 e. The second kappa shape index (κ2) is 3.42. The van der Waals surface area contributed by atoms with Crippen LogP contribution in [0.1, 0.15) is 28.4 Å². The van der Waals surface area contributed by atoms with E-state index in [0.29, 0.717) is 5.56 Å². The maximum atomic E-state index is 10.7. The molecule has 0 radical (unpaired) electrons. The third-order valence-electron chi connectivity index (χ3n) is 2.69. The van der Waals surface area contributed by atoms with Crippen LogP contribution in [0.15, 0.2) is 18.2 Å². The highest BCUT2D eigenvalue weighted by Gasteiger charge is 2.18. The van der Waals surface area contributed by atoms with Crippen molar-refractivity contribution in [3.63, 3.8) is 0 Å². The molecular formula is C11H13NO2. The third kappa shape index (κ3) is 1.51. The van der Waals surface area contributed by atoms with Crippen LogP contribution >= 0.6 is 0 Å². The Hall–Kier alpha value is -1.35. The SMILES string of the molecule is CCN1Cc2ccc(C(=O)O)cc2C1. The summed E-state index contributed by atoms with van der Waals surface area (Å²) in [5, 5.41) is 8.83. The first-order chi connectivity index (χ1) is 6.70. The predicted octanol–water partition coefficient (Wildman–Crippen LogP) is 1.72. The molecule has 0 saturated heterocycles. The Labute approximate surface area is 83.0 Å². The highest BCUT2D eigenvalue weighted by atomic mass is 16.4. The van der Waals surface area contributed by atoms with E-state index in [0.717, 1.165) is 25.2 Å². The Morgan fingerprint density at radius 2 is 2.14 bits per heavy atom. The number of carbonyl (C=O) groups is 1. The zero-order valence-electron chi connectivity index (χ0n) is 8.16. The molecule has 0 fully saturated rings. The van der Waals surface area contributed by atoms with Gasteiger partial charge in [0, 0.05) is 13.1 Å². The number of hydrogen-bond donors (Lipinski definition) is 1. The lowest BCUT2D eigenvalue weighted by Crippen LogP contribution is -2.14. The Morgan fingerprint density at radius 1 is 1.43 bits per heavy atom. The first-order valence-electron chi connectivity index (χ1n) is 4.78. The van der Waals surface area contributed by atoms with Gasteiger partial charge in [0.2, 0.25) is 0 Å². The molecule has 0 aromatic heterocycles. The molecule has 74 valence electrons. The van der Waals surface area contributed by atoms with Gasteiger partial charge in [-0.25, -0.2) is 4.79 Å². The number of hydrogen-bond acceptors (Lipinski definition) is 2. The molecule has 1 aliphatic rings. The molecule has 0 aliphatic carbocycles.